The van der Waals surface area contributed by atoms with Crippen molar-refractivity contribution in [3.8, 4) is 11.9 Å². The van der Waals surface area contributed by atoms with Gasteiger partial charge in [-0.15, -0.1) is 0 Å². The summed E-state index contributed by atoms with van der Waals surface area (Å²) in [6, 6.07) is 10.1. The van der Waals surface area contributed by atoms with Crippen LogP contribution in [-0.2, 0) is 0 Å². The first-order valence-corrected chi connectivity index (χ1v) is 9.77. The van der Waals surface area contributed by atoms with E-state index in [0.717, 1.165) is 12.8 Å². The Morgan fingerprint density at radius 3 is 2.75 bits per heavy atom. The molecule has 158 valence electrons. The number of fused-ring (bicyclic) bond motifs is 1. The second kappa shape index (κ2) is 7.51. The first kappa shape index (κ1) is 19.3. The van der Waals surface area contributed by atoms with E-state index in [9.17, 15) is 14.7 Å². The van der Waals surface area contributed by atoms with Crippen LogP contribution in [0.1, 0.15) is 34.5 Å². The average Bonchev–Trinajstić information content (AvgIpc) is 3.42. The van der Waals surface area contributed by atoms with Crippen molar-refractivity contribution in [1.29, 1.82) is 5.26 Å². The molecule has 1 saturated carbocycles. The molecule has 4 aromatic rings. The van der Waals surface area contributed by atoms with Gasteiger partial charge < -0.3 is 15.4 Å². The summed E-state index contributed by atoms with van der Waals surface area (Å²) in [4.78, 5) is 38.0. The predicted molar refractivity (Wildman–Crippen MR) is 113 cm³/mol. The highest BCUT2D eigenvalue weighted by atomic mass is 16.3. The minimum atomic E-state index is -0.544. The van der Waals surface area contributed by atoms with Gasteiger partial charge in [0, 0.05) is 16.8 Å². The average molecular weight is 428 g/mol. The summed E-state index contributed by atoms with van der Waals surface area (Å²) in [7, 11) is 0. The van der Waals surface area contributed by atoms with Crippen molar-refractivity contribution in [1.82, 2.24) is 24.6 Å². The molecule has 3 aromatic heterocycles. The van der Waals surface area contributed by atoms with Crippen LogP contribution in [0.4, 0.5) is 5.82 Å². The van der Waals surface area contributed by atoms with Crippen LogP contribution in [0.5, 0.6) is 5.88 Å². The van der Waals surface area contributed by atoms with Gasteiger partial charge in [-0.3, -0.25) is 14.8 Å². The second-order valence-corrected chi connectivity index (χ2v) is 7.32. The zero-order valence-electron chi connectivity index (χ0n) is 16.5. The molecule has 11 nitrogen and oxygen atoms in total. The van der Waals surface area contributed by atoms with E-state index in [0.29, 0.717) is 27.5 Å². The van der Waals surface area contributed by atoms with E-state index < -0.39 is 5.69 Å². The number of hydrogen-bond donors (Lipinski definition) is 4. The maximum absolute atomic E-state index is 12.7. The van der Waals surface area contributed by atoms with Crippen LogP contribution >= 0.6 is 0 Å². The zero-order valence-corrected chi connectivity index (χ0v) is 16.5. The molecule has 1 fully saturated rings. The Morgan fingerprint density at radius 2 is 2.09 bits per heavy atom. The van der Waals surface area contributed by atoms with Crippen LogP contribution in [0, 0.1) is 11.3 Å². The van der Waals surface area contributed by atoms with Gasteiger partial charge >= 0.3 is 5.69 Å². The Morgan fingerprint density at radius 1 is 1.31 bits per heavy atom. The van der Waals surface area contributed by atoms with Crippen LogP contribution in [0.3, 0.4) is 0 Å². The first-order valence-electron chi connectivity index (χ1n) is 9.77. The van der Waals surface area contributed by atoms with Crippen LogP contribution in [0.25, 0.3) is 11.7 Å². The third-order valence-electron chi connectivity index (χ3n) is 4.89. The molecule has 11 heteroatoms. The van der Waals surface area contributed by atoms with Gasteiger partial charge in [0.1, 0.15) is 11.5 Å². The van der Waals surface area contributed by atoms with Crippen molar-refractivity contribution in [3.63, 3.8) is 0 Å². The van der Waals surface area contributed by atoms with Gasteiger partial charge in [0.25, 0.3) is 5.91 Å². The molecule has 0 radical (unpaired) electrons. The van der Waals surface area contributed by atoms with Crippen LogP contribution in [0.2, 0.25) is 0 Å². The van der Waals surface area contributed by atoms with Gasteiger partial charge in [-0.1, -0.05) is 0 Å². The van der Waals surface area contributed by atoms with E-state index in [-0.39, 0.29) is 29.3 Å². The van der Waals surface area contributed by atoms with E-state index in [1.807, 2.05) is 6.07 Å². The van der Waals surface area contributed by atoms with Gasteiger partial charge in [-0.2, -0.15) is 14.9 Å². The fraction of sp³-hybridized carbons (Fsp3) is 0.143. The monoisotopic (exact) mass is 428 g/mol. The SMILES string of the molecule is N#Cc1ccc(C(=O)Nc2cc(=NC3CC3)n3nc/c(=C/c4[nH]c(=O)[nH]c4O)c3n2)cc1. The number of benzene rings is 1. The van der Waals surface area contributed by atoms with Gasteiger partial charge in [0.2, 0.25) is 5.88 Å². The molecule has 1 aromatic carbocycles. The third-order valence-corrected chi connectivity index (χ3v) is 4.89. The van der Waals surface area contributed by atoms with E-state index in [1.165, 1.54) is 12.3 Å². The maximum atomic E-state index is 12.7. The van der Waals surface area contributed by atoms with Crippen molar-refractivity contribution in [2.75, 3.05) is 5.32 Å². The number of nitrogens with one attached hydrogen (secondary N) is 3. The number of carbonyl (C=O) groups excluding carboxylic acids is 1. The Hall–Kier alpha value is -4.72. The summed E-state index contributed by atoms with van der Waals surface area (Å²) in [5.41, 5.74) is 1.39. The first-order chi connectivity index (χ1) is 15.5. The molecule has 1 aliphatic rings. The normalized spacial score (nSPS) is 14.6. The summed E-state index contributed by atoms with van der Waals surface area (Å²) in [6.07, 6.45) is 5.02. The number of anilines is 1. The molecular weight excluding hydrogens is 412 g/mol. The van der Waals surface area contributed by atoms with Crippen LogP contribution in [0.15, 0.2) is 46.3 Å². The number of aromatic nitrogens is 5. The summed E-state index contributed by atoms with van der Waals surface area (Å²) in [6.45, 7) is 0. The number of aromatic amines is 2. The molecule has 4 N–H and O–H groups in total. The summed E-state index contributed by atoms with van der Waals surface area (Å²) < 4.78 is 1.54. The predicted octanol–water partition coefficient (Wildman–Crippen LogP) is 0.186. The number of nitrogens with zero attached hydrogens (tertiary/aromatic N) is 5. The highest BCUT2D eigenvalue weighted by molar-refractivity contribution is 6.03. The van der Waals surface area contributed by atoms with Gasteiger partial charge in [-0.25, -0.2) is 9.78 Å². The number of imidazole rings is 1. The lowest BCUT2D eigenvalue weighted by molar-refractivity contribution is 0.102. The zero-order chi connectivity index (χ0) is 22.2. The lowest BCUT2D eigenvalue weighted by Gasteiger charge is -2.06. The Balaban J connectivity index is 1.60. The minimum absolute atomic E-state index is 0.180. The molecule has 32 heavy (non-hydrogen) atoms. The van der Waals surface area contributed by atoms with E-state index in [1.54, 1.807) is 34.8 Å². The fourth-order valence-corrected chi connectivity index (χ4v) is 3.14. The summed E-state index contributed by atoms with van der Waals surface area (Å²) >= 11 is 0. The molecule has 0 aliphatic heterocycles. The van der Waals surface area contributed by atoms with Crippen molar-refractivity contribution < 1.29 is 9.90 Å². The van der Waals surface area contributed by atoms with Crippen LogP contribution in [-0.4, -0.2) is 41.6 Å². The number of aromatic hydroxyl groups is 1. The van der Waals surface area contributed by atoms with E-state index in [2.05, 4.69) is 30.4 Å². The quantitative estimate of drug-likeness (QED) is 0.362. The molecule has 0 unspecified atom stereocenters. The number of amides is 1. The molecule has 1 amide bonds. The topological polar surface area (TPSA) is 164 Å². The van der Waals surface area contributed by atoms with Crippen molar-refractivity contribution >= 4 is 23.4 Å². The molecule has 3 heterocycles. The Labute approximate surface area is 179 Å². The highest BCUT2D eigenvalue weighted by Crippen LogP contribution is 2.22. The maximum Gasteiger partial charge on any atom is 0.326 e. The molecule has 0 atom stereocenters. The number of carbonyl (C=O) groups is 1. The second-order valence-electron chi connectivity index (χ2n) is 7.32. The number of H-pyrrole nitrogens is 2. The largest absolute Gasteiger partial charge is 0.493 e. The molecule has 0 saturated heterocycles. The molecule has 5 rings (SSSR count). The summed E-state index contributed by atoms with van der Waals surface area (Å²) in [5, 5.41) is 26.4. The smallest absolute Gasteiger partial charge is 0.326 e. The number of nitriles is 1. The lowest BCUT2D eigenvalue weighted by Crippen LogP contribution is -2.22. The summed E-state index contributed by atoms with van der Waals surface area (Å²) in [5.74, 6) is -0.419. The molecule has 1 aliphatic carbocycles. The Bertz CT molecular complexity index is 1570. The number of hydrogen-bond acceptors (Lipinski definition) is 7. The number of rotatable bonds is 4. The molecule has 0 spiro atoms. The highest BCUT2D eigenvalue weighted by Gasteiger charge is 2.20. The minimum Gasteiger partial charge on any atom is -0.493 e. The standard InChI is InChI=1S/C21H16N8O3/c22-9-11-1-3-12(4-2-11)19(30)27-16-8-17(24-14-5-6-14)29-18(26-16)13(10-23-29)7-15-20(31)28-21(32)25-15/h1-4,7-8,10,14,31H,5-6H2,(H,27,30)(H2,25,28,32)/b13-7-,24-17?. The lowest BCUT2D eigenvalue weighted by atomic mass is 10.1. The van der Waals surface area contributed by atoms with Crippen LogP contribution < -0.4 is 21.7 Å². The van der Waals surface area contributed by atoms with Crippen molar-refractivity contribution in [3.05, 3.63) is 74.5 Å². The fourth-order valence-electron chi connectivity index (χ4n) is 3.14. The molecular formula is C21H16N8O3. The van der Waals surface area contributed by atoms with E-state index >= 15 is 0 Å². The van der Waals surface area contributed by atoms with Crippen molar-refractivity contribution in [2.45, 2.75) is 18.9 Å². The van der Waals surface area contributed by atoms with Gasteiger partial charge in [0.15, 0.2) is 11.1 Å². The Kier molecular flexibility index (Phi) is 4.52. The third kappa shape index (κ3) is 3.72. The van der Waals surface area contributed by atoms with E-state index in [4.69, 9.17) is 5.26 Å². The van der Waals surface area contributed by atoms with Gasteiger partial charge in [-0.05, 0) is 43.2 Å². The van der Waals surface area contributed by atoms with Crippen molar-refractivity contribution in [2.24, 2.45) is 4.99 Å². The molecule has 0 bridgehead atoms. The van der Waals surface area contributed by atoms with Gasteiger partial charge in [0.05, 0.1) is 23.9 Å².